The Labute approximate surface area is 116 Å². The second kappa shape index (κ2) is 7.99. The first-order valence-corrected chi connectivity index (χ1v) is 6.62. The van der Waals surface area contributed by atoms with Crippen LogP contribution in [0.15, 0.2) is 18.2 Å². The molecule has 0 spiro atoms. The zero-order valence-corrected chi connectivity index (χ0v) is 11.5. The summed E-state index contributed by atoms with van der Waals surface area (Å²) in [6, 6.07) is 5.40. The molecule has 0 saturated heterocycles. The molecule has 1 aromatic rings. The lowest BCUT2D eigenvalue weighted by atomic mass is 10.1. The predicted octanol–water partition coefficient (Wildman–Crippen LogP) is 3.31. The van der Waals surface area contributed by atoms with Crippen molar-refractivity contribution in [3.8, 4) is 11.5 Å². The van der Waals surface area contributed by atoms with Gasteiger partial charge in [-0.05, 0) is 37.9 Å². The molecule has 0 bridgehead atoms. The van der Waals surface area contributed by atoms with Crippen molar-refractivity contribution in [2.24, 2.45) is 5.73 Å². The number of halogens is 3. The molecule has 20 heavy (non-hydrogen) atoms. The zero-order chi connectivity index (χ0) is 15.0. The molecule has 114 valence electrons. The summed E-state index contributed by atoms with van der Waals surface area (Å²) < 4.78 is 47.2. The molecule has 0 heterocycles. The molecule has 6 heteroatoms. The molecule has 0 amide bonds. The molecule has 0 aliphatic heterocycles. The predicted molar refractivity (Wildman–Crippen MR) is 71.2 cm³/mol. The monoisotopic (exact) mass is 291 g/mol. The molecular weight excluding hydrogens is 271 g/mol. The first-order valence-electron chi connectivity index (χ1n) is 6.62. The fraction of sp³-hybridized carbons (Fsp3) is 0.571. The summed E-state index contributed by atoms with van der Waals surface area (Å²) >= 11 is 0. The van der Waals surface area contributed by atoms with E-state index in [4.69, 9.17) is 15.2 Å². The van der Waals surface area contributed by atoms with Crippen molar-refractivity contribution < 1.29 is 22.6 Å². The van der Waals surface area contributed by atoms with Gasteiger partial charge >= 0.3 is 6.18 Å². The number of para-hydroxylation sites is 1. The molecule has 1 aromatic carbocycles. The first kappa shape index (κ1) is 16.6. The molecule has 0 atom stereocenters. The van der Waals surface area contributed by atoms with E-state index in [-0.39, 0.29) is 13.0 Å². The minimum atomic E-state index is -4.15. The molecule has 3 nitrogen and oxygen atoms in total. The molecule has 0 aliphatic carbocycles. The van der Waals surface area contributed by atoms with E-state index in [0.717, 1.165) is 5.56 Å². The van der Waals surface area contributed by atoms with Crippen molar-refractivity contribution in [1.29, 1.82) is 0 Å². The van der Waals surface area contributed by atoms with E-state index in [1.165, 1.54) is 0 Å². The summed E-state index contributed by atoms with van der Waals surface area (Å²) in [5, 5.41) is 0. The van der Waals surface area contributed by atoms with Gasteiger partial charge < -0.3 is 15.2 Å². The fourth-order valence-electron chi connectivity index (χ4n) is 1.79. The number of benzene rings is 1. The van der Waals surface area contributed by atoms with Crippen LogP contribution in [0.1, 0.15) is 25.3 Å². The van der Waals surface area contributed by atoms with Gasteiger partial charge in [-0.15, -0.1) is 0 Å². The molecule has 0 saturated carbocycles. The van der Waals surface area contributed by atoms with Crippen LogP contribution in [-0.2, 0) is 6.42 Å². The van der Waals surface area contributed by atoms with Crippen molar-refractivity contribution in [2.75, 3.05) is 19.8 Å². The maximum Gasteiger partial charge on any atom is 0.389 e. The van der Waals surface area contributed by atoms with Crippen LogP contribution in [0, 0.1) is 0 Å². The molecule has 2 N–H and O–H groups in total. The van der Waals surface area contributed by atoms with Crippen LogP contribution < -0.4 is 15.2 Å². The van der Waals surface area contributed by atoms with Gasteiger partial charge in [0.2, 0.25) is 0 Å². The summed E-state index contributed by atoms with van der Waals surface area (Å²) in [6.45, 7) is 2.74. The van der Waals surface area contributed by atoms with Crippen LogP contribution in [0.5, 0.6) is 11.5 Å². The maximum absolute atomic E-state index is 12.1. The van der Waals surface area contributed by atoms with E-state index in [1.807, 2.05) is 19.1 Å². The van der Waals surface area contributed by atoms with Crippen LogP contribution in [0.2, 0.25) is 0 Å². The Morgan fingerprint density at radius 3 is 2.55 bits per heavy atom. The van der Waals surface area contributed by atoms with Gasteiger partial charge in [-0.25, -0.2) is 0 Å². The van der Waals surface area contributed by atoms with Gasteiger partial charge in [0.15, 0.2) is 11.5 Å². The molecule has 0 aliphatic rings. The van der Waals surface area contributed by atoms with E-state index in [9.17, 15) is 13.2 Å². The average molecular weight is 291 g/mol. The SMILES string of the molecule is CCOc1cccc(CCN)c1OCCCC(F)(F)F. The normalized spacial score (nSPS) is 11.4. The summed E-state index contributed by atoms with van der Waals surface area (Å²) in [7, 11) is 0. The van der Waals surface area contributed by atoms with Crippen molar-refractivity contribution in [3.63, 3.8) is 0 Å². The number of nitrogens with two attached hydrogens (primary N) is 1. The largest absolute Gasteiger partial charge is 0.490 e. The average Bonchev–Trinajstić information content (AvgIpc) is 2.36. The Bertz CT molecular complexity index is 384. The summed E-state index contributed by atoms with van der Waals surface area (Å²) in [5.74, 6) is 1.05. The highest BCUT2D eigenvalue weighted by molar-refractivity contribution is 5.46. The van der Waals surface area contributed by atoms with Crippen LogP contribution >= 0.6 is 0 Å². The van der Waals surface area contributed by atoms with Crippen molar-refractivity contribution in [3.05, 3.63) is 23.8 Å². The van der Waals surface area contributed by atoms with E-state index < -0.39 is 12.6 Å². The van der Waals surface area contributed by atoms with E-state index in [1.54, 1.807) is 6.07 Å². The van der Waals surface area contributed by atoms with E-state index in [0.29, 0.717) is 31.1 Å². The van der Waals surface area contributed by atoms with Crippen LogP contribution in [0.25, 0.3) is 0 Å². The second-order valence-corrected chi connectivity index (χ2v) is 4.28. The van der Waals surface area contributed by atoms with Crippen molar-refractivity contribution in [1.82, 2.24) is 0 Å². The summed E-state index contributed by atoms with van der Waals surface area (Å²) in [6.07, 6.45) is -4.49. The number of ether oxygens (including phenoxy) is 2. The molecule has 0 radical (unpaired) electrons. The van der Waals surface area contributed by atoms with Crippen LogP contribution in [-0.4, -0.2) is 25.9 Å². The van der Waals surface area contributed by atoms with Crippen LogP contribution in [0.4, 0.5) is 13.2 Å². The standard InChI is InChI=1S/C14H20F3NO2/c1-2-19-12-6-3-5-11(7-9-18)13(12)20-10-4-8-14(15,16)17/h3,5-6H,2,4,7-10,18H2,1H3. The number of rotatable bonds is 8. The van der Waals surface area contributed by atoms with E-state index in [2.05, 4.69) is 0 Å². The zero-order valence-electron chi connectivity index (χ0n) is 11.5. The van der Waals surface area contributed by atoms with E-state index >= 15 is 0 Å². The maximum atomic E-state index is 12.1. The lowest BCUT2D eigenvalue weighted by Gasteiger charge is -2.16. The Hall–Kier alpha value is -1.43. The third-order valence-electron chi connectivity index (χ3n) is 2.62. The highest BCUT2D eigenvalue weighted by Gasteiger charge is 2.26. The van der Waals surface area contributed by atoms with Crippen LogP contribution in [0.3, 0.4) is 0 Å². The molecule has 0 fully saturated rings. The quantitative estimate of drug-likeness (QED) is 0.747. The van der Waals surface area contributed by atoms with Crippen molar-refractivity contribution in [2.45, 2.75) is 32.4 Å². The number of hydrogen-bond donors (Lipinski definition) is 1. The highest BCUT2D eigenvalue weighted by Crippen LogP contribution is 2.32. The van der Waals surface area contributed by atoms with Gasteiger partial charge in [-0.3, -0.25) is 0 Å². The summed E-state index contributed by atoms with van der Waals surface area (Å²) in [5.41, 5.74) is 6.37. The topological polar surface area (TPSA) is 44.5 Å². The molecular formula is C14H20F3NO2. The molecule has 0 aromatic heterocycles. The number of alkyl halides is 3. The molecule has 0 unspecified atom stereocenters. The van der Waals surface area contributed by atoms with Gasteiger partial charge in [0, 0.05) is 6.42 Å². The smallest absolute Gasteiger partial charge is 0.389 e. The molecule has 1 rings (SSSR count). The Morgan fingerprint density at radius 1 is 1.20 bits per heavy atom. The van der Waals surface area contributed by atoms with Gasteiger partial charge in [-0.1, -0.05) is 12.1 Å². The van der Waals surface area contributed by atoms with Gasteiger partial charge in [0.05, 0.1) is 13.2 Å². The Morgan fingerprint density at radius 2 is 1.95 bits per heavy atom. The fourth-order valence-corrected chi connectivity index (χ4v) is 1.79. The highest BCUT2D eigenvalue weighted by atomic mass is 19.4. The third-order valence-corrected chi connectivity index (χ3v) is 2.62. The minimum Gasteiger partial charge on any atom is -0.490 e. The first-order chi connectivity index (χ1) is 9.48. The Kier molecular flexibility index (Phi) is 6.64. The minimum absolute atomic E-state index is 0.00116. The number of hydrogen-bond acceptors (Lipinski definition) is 3. The second-order valence-electron chi connectivity index (χ2n) is 4.28. The lowest BCUT2D eigenvalue weighted by Crippen LogP contribution is -2.11. The van der Waals surface area contributed by atoms with Gasteiger partial charge in [-0.2, -0.15) is 13.2 Å². The van der Waals surface area contributed by atoms with Gasteiger partial charge in [0.25, 0.3) is 0 Å². The third kappa shape index (κ3) is 5.69. The van der Waals surface area contributed by atoms with Gasteiger partial charge in [0.1, 0.15) is 0 Å². The van der Waals surface area contributed by atoms with Crippen molar-refractivity contribution >= 4 is 0 Å². The summed E-state index contributed by atoms with van der Waals surface area (Å²) in [4.78, 5) is 0. The lowest BCUT2D eigenvalue weighted by molar-refractivity contribution is -0.136. The Balaban J connectivity index is 2.69.